The van der Waals surface area contributed by atoms with Gasteiger partial charge in [-0.1, -0.05) is 0 Å². The van der Waals surface area contributed by atoms with Gasteiger partial charge in [0.2, 0.25) is 5.91 Å². The fourth-order valence-corrected chi connectivity index (χ4v) is 2.14. The minimum Gasteiger partial charge on any atom is -0.383 e. The predicted octanol–water partition coefficient (Wildman–Crippen LogP) is 1.33. The van der Waals surface area contributed by atoms with Crippen LogP contribution in [0.4, 0.5) is 0 Å². The number of rotatable bonds is 5. The summed E-state index contributed by atoms with van der Waals surface area (Å²) in [6.07, 6.45) is 0. The lowest BCUT2D eigenvalue weighted by atomic mass is 10.2. The molecule has 0 unspecified atom stereocenters. The van der Waals surface area contributed by atoms with Crippen LogP contribution in [0.3, 0.4) is 0 Å². The van der Waals surface area contributed by atoms with Gasteiger partial charge >= 0.3 is 0 Å². The largest absolute Gasteiger partial charge is 0.383 e. The molecule has 7 heteroatoms. The molecule has 2 N–H and O–H groups in total. The second kappa shape index (κ2) is 6.32. The van der Waals surface area contributed by atoms with E-state index in [9.17, 15) is 4.79 Å². The summed E-state index contributed by atoms with van der Waals surface area (Å²) in [7, 11) is 1.57. The fourth-order valence-electron chi connectivity index (χ4n) is 1.87. The summed E-state index contributed by atoms with van der Waals surface area (Å²) in [6, 6.07) is 7.27. The van der Waals surface area contributed by atoms with Gasteiger partial charge in [0.15, 0.2) is 4.77 Å². The van der Waals surface area contributed by atoms with Crippen LogP contribution >= 0.6 is 12.2 Å². The molecule has 1 heterocycles. The number of benzene rings is 1. The van der Waals surface area contributed by atoms with Crippen LogP contribution in [0.1, 0.15) is 5.56 Å². The van der Waals surface area contributed by atoms with Crippen LogP contribution in [0.2, 0.25) is 0 Å². The maximum atomic E-state index is 11.8. The lowest BCUT2D eigenvalue weighted by Crippen LogP contribution is -2.30. The molecular weight excluding hydrogens is 276 g/mol. The molecule has 0 atom stereocenters. The van der Waals surface area contributed by atoms with Crippen molar-refractivity contribution in [3.63, 3.8) is 0 Å². The maximum Gasteiger partial charge on any atom is 0.240 e. The van der Waals surface area contributed by atoms with Crippen molar-refractivity contribution < 1.29 is 9.53 Å². The Labute approximate surface area is 121 Å². The number of aromatic nitrogens is 2. The highest BCUT2D eigenvalue weighted by Crippen LogP contribution is 2.15. The number of nitrogens with one attached hydrogen (secondary N) is 2. The molecule has 0 aliphatic carbocycles. The third kappa shape index (κ3) is 3.04. The number of nitrogens with zero attached hydrogens (tertiary/aromatic N) is 2. The predicted molar refractivity (Wildman–Crippen MR) is 76.7 cm³/mol. The standard InChI is InChI=1S/C13H14N4O2S/c1-19-5-4-15-12(18)8-17-11-6-9(7-14)2-3-10(11)16-13(17)20/h2-3,6H,4-5,8H2,1H3,(H,15,18)(H,16,20). The van der Waals surface area contributed by atoms with E-state index < -0.39 is 0 Å². The number of nitriles is 1. The first-order valence-electron chi connectivity index (χ1n) is 6.04. The zero-order valence-corrected chi connectivity index (χ0v) is 11.8. The van der Waals surface area contributed by atoms with Crippen molar-refractivity contribution in [2.24, 2.45) is 0 Å². The van der Waals surface area contributed by atoms with E-state index in [0.717, 1.165) is 11.0 Å². The van der Waals surface area contributed by atoms with Gasteiger partial charge in [-0.3, -0.25) is 4.79 Å². The summed E-state index contributed by atoms with van der Waals surface area (Å²) in [5.74, 6) is -0.151. The van der Waals surface area contributed by atoms with E-state index in [1.165, 1.54) is 0 Å². The molecule has 0 spiro atoms. The van der Waals surface area contributed by atoms with Crippen LogP contribution in [-0.4, -0.2) is 35.7 Å². The van der Waals surface area contributed by atoms with Crippen LogP contribution in [-0.2, 0) is 16.1 Å². The van der Waals surface area contributed by atoms with Crippen molar-refractivity contribution in [2.75, 3.05) is 20.3 Å². The summed E-state index contributed by atoms with van der Waals surface area (Å²) >= 11 is 5.21. The highest BCUT2D eigenvalue weighted by Gasteiger charge is 2.09. The average molecular weight is 290 g/mol. The van der Waals surface area contributed by atoms with E-state index in [1.54, 1.807) is 29.9 Å². The Morgan fingerprint density at radius 1 is 1.60 bits per heavy atom. The monoisotopic (exact) mass is 290 g/mol. The zero-order chi connectivity index (χ0) is 14.5. The Hall–Kier alpha value is -2.17. The normalized spacial score (nSPS) is 10.4. The van der Waals surface area contributed by atoms with Gasteiger partial charge < -0.3 is 19.6 Å². The van der Waals surface area contributed by atoms with E-state index in [1.807, 2.05) is 0 Å². The molecule has 0 bridgehead atoms. The van der Waals surface area contributed by atoms with Gasteiger partial charge in [-0.05, 0) is 30.4 Å². The first kappa shape index (κ1) is 14.2. The SMILES string of the molecule is COCCNC(=O)Cn1c(=S)[nH]c2ccc(C#N)cc21. The zero-order valence-electron chi connectivity index (χ0n) is 11.0. The van der Waals surface area contributed by atoms with Gasteiger partial charge in [-0.25, -0.2) is 0 Å². The number of carbonyl (C=O) groups excluding carboxylic acids is 1. The summed E-state index contributed by atoms with van der Waals surface area (Å²) in [6.45, 7) is 1.02. The Morgan fingerprint density at radius 2 is 2.40 bits per heavy atom. The van der Waals surface area contributed by atoms with Crippen molar-refractivity contribution in [1.82, 2.24) is 14.9 Å². The number of carbonyl (C=O) groups is 1. The van der Waals surface area contributed by atoms with Crippen LogP contribution in [0.25, 0.3) is 11.0 Å². The lowest BCUT2D eigenvalue weighted by molar-refractivity contribution is -0.121. The number of hydrogen-bond acceptors (Lipinski definition) is 4. The molecule has 0 aliphatic heterocycles. The molecule has 104 valence electrons. The number of methoxy groups -OCH3 is 1. The maximum absolute atomic E-state index is 11.8. The topological polar surface area (TPSA) is 82.8 Å². The summed E-state index contributed by atoms with van der Waals surface area (Å²) in [5, 5.41) is 11.7. The van der Waals surface area contributed by atoms with E-state index in [-0.39, 0.29) is 12.5 Å². The number of fused-ring (bicyclic) bond motifs is 1. The highest BCUT2D eigenvalue weighted by atomic mass is 32.1. The Kier molecular flexibility index (Phi) is 4.50. The molecule has 0 saturated carbocycles. The quantitative estimate of drug-likeness (QED) is 0.643. The Balaban J connectivity index is 2.25. The first-order valence-corrected chi connectivity index (χ1v) is 6.45. The average Bonchev–Trinajstić information content (AvgIpc) is 2.75. The minimum atomic E-state index is -0.151. The smallest absolute Gasteiger partial charge is 0.240 e. The van der Waals surface area contributed by atoms with E-state index in [0.29, 0.717) is 23.5 Å². The van der Waals surface area contributed by atoms with Crippen LogP contribution < -0.4 is 5.32 Å². The van der Waals surface area contributed by atoms with E-state index in [2.05, 4.69) is 16.4 Å². The molecule has 2 rings (SSSR count). The minimum absolute atomic E-state index is 0.109. The van der Waals surface area contributed by atoms with E-state index in [4.69, 9.17) is 22.2 Å². The van der Waals surface area contributed by atoms with Gasteiger partial charge in [0, 0.05) is 13.7 Å². The van der Waals surface area contributed by atoms with Gasteiger partial charge in [-0.15, -0.1) is 0 Å². The van der Waals surface area contributed by atoms with Crippen LogP contribution in [0.15, 0.2) is 18.2 Å². The van der Waals surface area contributed by atoms with Gasteiger partial charge in [-0.2, -0.15) is 5.26 Å². The molecule has 0 fully saturated rings. The number of H-pyrrole nitrogens is 1. The second-order valence-electron chi connectivity index (χ2n) is 4.20. The molecule has 0 radical (unpaired) electrons. The fraction of sp³-hybridized carbons (Fsp3) is 0.308. The van der Waals surface area contributed by atoms with Crippen molar-refractivity contribution in [3.05, 3.63) is 28.5 Å². The molecule has 0 aliphatic rings. The molecule has 6 nitrogen and oxygen atoms in total. The summed E-state index contributed by atoms with van der Waals surface area (Å²) in [5.41, 5.74) is 2.08. The molecule has 2 aromatic rings. The Bertz CT molecular complexity index is 726. The third-order valence-corrected chi connectivity index (χ3v) is 3.16. The highest BCUT2D eigenvalue weighted by molar-refractivity contribution is 7.71. The van der Waals surface area contributed by atoms with Crippen molar-refractivity contribution >= 4 is 29.2 Å². The molecule has 0 saturated heterocycles. The first-order chi connectivity index (χ1) is 9.65. The number of amides is 1. The summed E-state index contributed by atoms with van der Waals surface area (Å²) < 4.78 is 7.00. The third-order valence-electron chi connectivity index (χ3n) is 2.83. The lowest BCUT2D eigenvalue weighted by Gasteiger charge is -2.06. The van der Waals surface area contributed by atoms with Gasteiger partial charge in [0.25, 0.3) is 0 Å². The van der Waals surface area contributed by atoms with Gasteiger partial charge in [0.1, 0.15) is 6.54 Å². The summed E-state index contributed by atoms with van der Waals surface area (Å²) in [4.78, 5) is 14.8. The number of imidazole rings is 1. The van der Waals surface area contributed by atoms with Crippen LogP contribution in [0.5, 0.6) is 0 Å². The number of hydrogen-bond donors (Lipinski definition) is 2. The molecule has 1 aromatic heterocycles. The second-order valence-corrected chi connectivity index (χ2v) is 4.59. The number of aromatic amines is 1. The van der Waals surface area contributed by atoms with Crippen LogP contribution in [0, 0.1) is 16.1 Å². The molecule has 1 amide bonds. The van der Waals surface area contributed by atoms with E-state index >= 15 is 0 Å². The van der Waals surface area contributed by atoms with Crippen molar-refractivity contribution in [2.45, 2.75) is 6.54 Å². The van der Waals surface area contributed by atoms with Gasteiger partial charge in [0.05, 0.1) is 29.3 Å². The number of ether oxygens (including phenoxy) is 1. The van der Waals surface area contributed by atoms with Crippen molar-refractivity contribution in [1.29, 1.82) is 5.26 Å². The van der Waals surface area contributed by atoms with Crippen molar-refractivity contribution in [3.8, 4) is 6.07 Å². The molecule has 1 aromatic carbocycles. The Morgan fingerprint density at radius 3 is 3.10 bits per heavy atom. The molecular formula is C13H14N4O2S. The molecule has 20 heavy (non-hydrogen) atoms.